The number of piperazine rings is 1. The van der Waals surface area contributed by atoms with Crippen molar-refractivity contribution in [1.82, 2.24) is 15.1 Å². The topological polar surface area (TPSA) is 74.3 Å². The van der Waals surface area contributed by atoms with Gasteiger partial charge in [0.1, 0.15) is 0 Å². The Kier molecular flexibility index (Phi) is 8.79. The Morgan fingerprint density at radius 3 is 2.67 bits per heavy atom. The molecule has 0 saturated carbocycles. The Morgan fingerprint density at radius 2 is 2.05 bits per heavy atom. The number of nitrogens with zero attached hydrogens (tertiary/aromatic N) is 2. The first kappa shape index (κ1) is 18.3. The highest BCUT2D eigenvalue weighted by Crippen LogP contribution is 1.99. The average molecular weight is 303 g/mol. The van der Waals surface area contributed by atoms with Gasteiger partial charge in [0.15, 0.2) is 0 Å². The fourth-order valence-corrected chi connectivity index (χ4v) is 2.28. The van der Waals surface area contributed by atoms with Crippen molar-refractivity contribution < 1.29 is 19.4 Å². The lowest BCUT2D eigenvalue weighted by atomic mass is 10.3. The van der Waals surface area contributed by atoms with Gasteiger partial charge < -0.3 is 24.8 Å². The number of rotatable bonds is 9. The van der Waals surface area contributed by atoms with E-state index in [9.17, 15) is 9.90 Å². The van der Waals surface area contributed by atoms with E-state index in [2.05, 4.69) is 5.32 Å². The molecule has 0 bridgehead atoms. The lowest BCUT2D eigenvalue weighted by molar-refractivity contribution is -0.133. The predicted octanol–water partition coefficient (Wildman–Crippen LogP) is -1.24. The number of amides is 1. The molecule has 1 saturated heterocycles. The van der Waals surface area contributed by atoms with Gasteiger partial charge >= 0.3 is 0 Å². The third-order valence-corrected chi connectivity index (χ3v) is 3.37. The van der Waals surface area contributed by atoms with E-state index < -0.39 is 6.10 Å². The van der Waals surface area contributed by atoms with Crippen molar-refractivity contribution in [1.29, 1.82) is 0 Å². The third kappa shape index (κ3) is 7.73. The summed E-state index contributed by atoms with van der Waals surface area (Å²) >= 11 is 0. The summed E-state index contributed by atoms with van der Waals surface area (Å²) in [6.07, 6.45) is -0.650. The Morgan fingerprint density at radius 1 is 1.38 bits per heavy atom. The van der Waals surface area contributed by atoms with Crippen molar-refractivity contribution in [3.05, 3.63) is 0 Å². The van der Waals surface area contributed by atoms with E-state index in [0.717, 1.165) is 26.2 Å². The van der Waals surface area contributed by atoms with Crippen molar-refractivity contribution >= 4 is 5.91 Å². The number of hydrogen-bond donors (Lipinski definition) is 2. The number of aliphatic hydroxyl groups is 1. The molecule has 7 heteroatoms. The maximum absolute atomic E-state index is 12.1. The highest BCUT2D eigenvalue weighted by molar-refractivity contribution is 5.78. The lowest BCUT2D eigenvalue weighted by Gasteiger charge is -2.29. The number of carbonyl (C=O) groups excluding carboxylic acids is 1. The van der Waals surface area contributed by atoms with Crippen LogP contribution in [0.3, 0.4) is 0 Å². The summed E-state index contributed by atoms with van der Waals surface area (Å²) in [6.45, 7) is 6.60. The Balaban J connectivity index is 2.19. The normalized spacial score (nSPS) is 18.8. The molecule has 0 aromatic rings. The maximum atomic E-state index is 12.1. The minimum atomic E-state index is -0.606. The molecule has 2 atom stereocenters. The Bertz CT molecular complexity index is 298. The fraction of sp³-hybridized carbons (Fsp3) is 0.929. The van der Waals surface area contributed by atoms with Crippen molar-refractivity contribution in [2.24, 2.45) is 0 Å². The number of methoxy groups -OCH3 is 1. The van der Waals surface area contributed by atoms with E-state index >= 15 is 0 Å². The summed E-state index contributed by atoms with van der Waals surface area (Å²) in [6, 6.07) is 0. The highest BCUT2D eigenvalue weighted by Gasteiger charge is 2.19. The zero-order valence-corrected chi connectivity index (χ0v) is 13.4. The van der Waals surface area contributed by atoms with Gasteiger partial charge in [-0.2, -0.15) is 0 Å². The number of ether oxygens (including phenoxy) is 2. The summed E-state index contributed by atoms with van der Waals surface area (Å²) in [5.74, 6) is 0.111. The molecule has 0 spiro atoms. The molecule has 0 aromatic heterocycles. The second kappa shape index (κ2) is 10.1. The molecule has 0 radical (unpaired) electrons. The zero-order chi connectivity index (χ0) is 15.7. The van der Waals surface area contributed by atoms with E-state index in [1.54, 1.807) is 7.11 Å². The molecule has 0 aromatic carbocycles. The van der Waals surface area contributed by atoms with E-state index in [-0.39, 0.29) is 18.6 Å². The van der Waals surface area contributed by atoms with Gasteiger partial charge in [-0.1, -0.05) is 0 Å². The van der Waals surface area contributed by atoms with Crippen LogP contribution in [0.4, 0.5) is 0 Å². The molecule has 1 aliphatic heterocycles. The van der Waals surface area contributed by atoms with Crippen LogP contribution in [0.5, 0.6) is 0 Å². The van der Waals surface area contributed by atoms with E-state index in [0.29, 0.717) is 19.7 Å². The fourth-order valence-electron chi connectivity index (χ4n) is 2.28. The minimum Gasteiger partial charge on any atom is -0.389 e. The van der Waals surface area contributed by atoms with Gasteiger partial charge in [-0.15, -0.1) is 0 Å². The first-order valence-electron chi connectivity index (χ1n) is 7.48. The Labute approximate surface area is 127 Å². The first-order valence-corrected chi connectivity index (χ1v) is 7.48. The first-order chi connectivity index (χ1) is 10.0. The maximum Gasteiger partial charge on any atom is 0.236 e. The molecular formula is C14H29N3O4. The van der Waals surface area contributed by atoms with Gasteiger partial charge in [-0.05, 0) is 14.0 Å². The summed E-state index contributed by atoms with van der Waals surface area (Å²) in [4.78, 5) is 15.8. The molecule has 1 amide bonds. The van der Waals surface area contributed by atoms with Crippen LogP contribution in [0, 0.1) is 0 Å². The molecule has 0 aliphatic carbocycles. The summed E-state index contributed by atoms with van der Waals surface area (Å²) in [7, 11) is 3.45. The quantitative estimate of drug-likeness (QED) is 0.555. The van der Waals surface area contributed by atoms with Crippen LogP contribution >= 0.6 is 0 Å². The molecule has 124 valence electrons. The summed E-state index contributed by atoms with van der Waals surface area (Å²) in [5.41, 5.74) is 0. The predicted molar refractivity (Wildman–Crippen MR) is 80.2 cm³/mol. The smallest absolute Gasteiger partial charge is 0.236 e. The molecule has 7 nitrogen and oxygen atoms in total. The average Bonchev–Trinajstić information content (AvgIpc) is 2.46. The van der Waals surface area contributed by atoms with Crippen molar-refractivity contribution in [2.75, 3.05) is 66.6 Å². The van der Waals surface area contributed by atoms with Crippen molar-refractivity contribution in [3.8, 4) is 0 Å². The minimum absolute atomic E-state index is 0.0440. The number of nitrogens with one attached hydrogen (secondary N) is 1. The second-order valence-electron chi connectivity index (χ2n) is 5.58. The monoisotopic (exact) mass is 303 g/mol. The number of aliphatic hydroxyl groups excluding tert-OH is 1. The molecule has 1 aliphatic rings. The largest absolute Gasteiger partial charge is 0.389 e. The van der Waals surface area contributed by atoms with Gasteiger partial charge in [0.2, 0.25) is 5.91 Å². The molecule has 1 fully saturated rings. The van der Waals surface area contributed by atoms with Crippen LogP contribution in [0.15, 0.2) is 0 Å². The Hall–Kier alpha value is -0.730. The molecule has 1 rings (SSSR count). The summed E-state index contributed by atoms with van der Waals surface area (Å²) in [5, 5.41) is 13.1. The molecule has 1 heterocycles. The van der Waals surface area contributed by atoms with Crippen LogP contribution in [-0.4, -0.2) is 99.7 Å². The standard InChI is InChI=1S/C14H29N3O4/c1-12(10-20-3)21-11-13(18)8-16(2)9-14(19)17-6-4-15-5-7-17/h12-13,15,18H,4-11H2,1-3H3. The molecule has 2 N–H and O–H groups in total. The summed E-state index contributed by atoms with van der Waals surface area (Å²) < 4.78 is 10.4. The molecule has 2 unspecified atom stereocenters. The van der Waals surface area contributed by atoms with Gasteiger partial charge in [0.05, 0.1) is 32.0 Å². The number of likely N-dealkylation sites (N-methyl/N-ethyl adjacent to an activating group) is 1. The van der Waals surface area contributed by atoms with E-state index in [1.807, 2.05) is 23.8 Å². The van der Waals surface area contributed by atoms with Gasteiger partial charge in [-0.3, -0.25) is 9.69 Å². The SMILES string of the molecule is COCC(C)OCC(O)CN(C)CC(=O)N1CCNCC1. The van der Waals surface area contributed by atoms with Crippen LogP contribution in [-0.2, 0) is 14.3 Å². The molecule has 21 heavy (non-hydrogen) atoms. The number of hydrogen-bond acceptors (Lipinski definition) is 6. The van der Waals surface area contributed by atoms with Crippen molar-refractivity contribution in [3.63, 3.8) is 0 Å². The zero-order valence-electron chi connectivity index (χ0n) is 13.4. The lowest BCUT2D eigenvalue weighted by Crippen LogP contribution is -2.49. The number of carbonyl (C=O) groups is 1. The van der Waals surface area contributed by atoms with E-state index in [4.69, 9.17) is 9.47 Å². The third-order valence-electron chi connectivity index (χ3n) is 3.37. The van der Waals surface area contributed by atoms with Gasteiger partial charge in [0, 0.05) is 39.8 Å². The van der Waals surface area contributed by atoms with E-state index in [1.165, 1.54) is 0 Å². The van der Waals surface area contributed by atoms with Crippen LogP contribution in [0.2, 0.25) is 0 Å². The van der Waals surface area contributed by atoms with Crippen molar-refractivity contribution in [2.45, 2.75) is 19.1 Å². The highest BCUT2D eigenvalue weighted by atomic mass is 16.5. The second-order valence-corrected chi connectivity index (χ2v) is 5.58. The van der Waals surface area contributed by atoms with Gasteiger partial charge in [0.25, 0.3) is 0 Å². The van der Waals surface area contributed by atoms with Crippen LogP contribution in [0.25, 0.3) is 0 Å². The van der Waals surface area contributed by atoms with Crippen LogP contribution in [0.1, 0.15) is 6.92 Å². The van der Waals surface area contributed by atoms with Gasteiger partial charge in [-0.25, -0.2) is 0 Å². The van der Waals surface area contributed by atoms with Crippen LogP contribution < -0.4 is 5.32 Å². The molecular weight excluding hydrogens is 274 g/mol.